The number of aromatic nitrogens is 2. The molecule has 2 aromatic rings. The number of hydrogen-bond donors (Lipinski definition) is 1. The molecular weight excluding hydrogens is 355 g/mol. The number of rotatable bonds is 7. The van der Waals surface area contributed by atoms with E-state index in [1.807, 2.05) is 24.5 Å². The molecule has 2 saturated heterocycles. The van der Waals surface area contributed by atoms with Crippen molar-refractivity contribution in [2.75, 3.05) is 31.6 Å². The third-order valence-electron chi connectivity index (χ3n) is 5.80. The number of anilines is 1. The summed E-state index contributed by atoms with van der Waals surface area (Å²) in [6.07, 6.45) is 9.42. The molecule has 0 aliphatic carbocycles. The Kier molecular flexibility index (Phi) is 6.49. The lowest BCUT2D eigenvalue weighted by atomic mass is 9.90. The van der Waals surface area contributed by atoms with Crippen LogP contribution < -0.4 is 5.32 Å². The number of hydrogen-bond acceptors (Lipinski definition) is 5. The molecule has 28 heavy (non-hydrogen) atoms. The van der Waals surface area contributed by atoms with Gasteiger partial charge in [0.25, 0.3) is 0 Å². The van der Waals surface area contributed by atoms with E-state index in [0.717, 1.165) is 76.0 Å². The molecule has 150 valence electrons. The van der Waals surface area contributed by atoms with Gasteiger partial charge in [0.05, 0.1) is 6.10 Å². The zero-order valence-electron chi connectivity index (χ0n) is 16.3. The normalized spacial score (nSPS) is 21.1. The maximum atomic E-state index is 13.8. The van der Waals surface area contributed by atoms with Crippen LogP contribution in [0.5, 0.6) is 0 Å². The molecule has 5 nitrogen and oxygen atoms in total. The first-order valence-electron chi connectivity index (χ1n) is 10.4. The molecule has 1 N–H and O–H groups in total. The van der Waals surface area contributed by atoms with Crippen molar-refractivity contribution in [3.05, 3.63) is 53.6 Å². The fraction of sp³-hybridized carbons (Fsp3) is 0.545. The first kappa shape index (κ1) is 19.3. The predicted octanol–water partition coefficient (Wildman–Crippen LogP) is 3.66. The fourth-order valence-corrected chi connectivity index (χ4v) is 4.12. The molecule has 2 aliphatic rings. The zero-order valence-corrected chi connectivity index (χ0v) is 16.3. The van der Waals surface area contributed by atoms with Crippen molar-refractivity contribution >= 4 is 5.95 Å². The Labute approximate surface area is 166 Å². The summed E-state index contributed by atoms with van der Waals surface area (Å²) in [5.41, 5.74) is 1.98. The van der Waals surface area contributed by atoms with E-state index in [4.69, 9.17) is 4.74 Å². The first-order chi connectivity index (χ1) is 13.8. The van der Waals surface area contributed by atoms with Gasteiger partial charge < -0.3 is 10.1 Å². The van der Waals surface area contributed by atoms with E-state index in [1.165, 1.54) is 0 Å². The summed E-state index contributed by atoms with van der Waals surface area (Å²) in [6.45, 7) is 4.59. The van der Waals surface area contributed by atoms with Crippen molar-refractivity contribution < 1.29 is 9.13 Å². The Morgan fingerprint density at radius 3 is 2.61 bits per heavy atom. The minimum absolute atomic E-state index is 0.0738. The van der Waals surface area contributed by atoms with E-state index in [1.54, 1.807) is 12.1 Å². The van der Waals surface area contributed by atoms with Crippen LogP contribution in [0.1, 0.15) is 36.8 Å². The third-order valence-corrected chi connectivity index (χ3v) is 5.80. The van der Waals surface area contributed by atoms with E-state index in [0.29, 0.717) is 11.9 Å². The summed E-state index contributed by atoms with van der Waals surface area (Å²) >= 11 is 0. The van der Waals surface area contributed by atoms with Crippen molar-refractivity contribution in [3.63, 3.8) is 0 Å². The van der Waals surface area contributed by atoms with E-state index < -0.39 is 0 Å². The lowest BCUT2D eigenvalue weighted by Crippen LogP contribution is -2.34. The van der Waals surface area contributed by atoms with Crippen LogP contribution in [0.25, 0.3) is 0 Å². The second kappa shape index (κ2) is 9.43. The minimum Gasteiger partial charge on any atom is -0.376 e. The van der Waals surface area contributed by atoms with Crippen LogP contribution in [0, 0.1) is 11.7 Å². The van der Waals surface area contributed by atoms with Crippen molar-refractivity contribution in [1.82, 2.24) is 14.9 Å². The van der Waals surface area contributed by atoms with Crippen molar-refractivity contribution in [2.24, 2.45) is 5.92 Å². The number of piperidine rings is 1. The largest absolute Gasteiger partial charge is 0.376 e. The molecule has 0 saturated carbocycles. The topological polar surface area (TPSA) is 50.3 Å². The zero-order chi connectivity index (χ0) is 19.2. The minimum atomic E-state index is -0.0738. The standard InChI is InChI=1S/C22H29FN4O/c23-21-6-2-1-4-19(21)12-17-7-9-27(10-8-17)16-18-13-24-22(25-14-18)26-15-20-5-3-11-28-20/h1-2,4,6,13-14,17,20H,3,5,7-12,15-16H2,(H,24,25,26)/t20-/m0/s1. The van der Waals surface area contributed by atoms with Crippen LogP contribution in [-0.4, -0.2) is 47.2 Å². The molecule has 1 atom stereocenters. The van der Waals surface area contributed by atoms with Gasteiger partial charge in [-0.3, -0.25) is 4.90 Å². The molecule has 2 aliphatic heterocycles. The number of benzene rings is 1. The van der Waals surface area contributed by atoms with Crippen LogP contribution in [0.2, 0.25) is 0 Å². The van der Waals surface area contributed by atoms with E-state index in [9.17, 15) is 4.39 Å². The van der Waals surface area contributed by atoms with Gasteiger partial charge in [0.2, 0.25) is 5.95 Å². The SMILES string of the molecule is Fc1ccccc1CC1CCN(Cc2cnc(NC[C@@H]3CCCO3)nc2)CC1. The van der Waals surface area contributed by atoms with Crippen LogP contribution >= 0.6 is 0 Å². The van der Waals surface area contributed by atoms with E-state index in [2.05, 4.69) is 20.2 Å². The lowest BCUT2D eigenvalue weighted by Gasteiger charge is -2.32. The summed E-state index contributed by atoms with van der Waals surface area (Å²) in [4.78, 5) is 11.3. The molecule has 0 radical (unpaired) electrons. The maximum absolute atomic E-state index is 13.8. The van der Waals surface area contributed by atoms with Crippen molar-refractivity contribution in [1.29, 1.82) is 0 Å². The molecule has 4 rings (SSSR count). The Bertz CT molecular complexity index is 740. The van der Waals surface area contributed by atoms with Gasteiger partial charge in [-0.25, -0.2) is 14.4 Å². The number of halogens is 1. The highest BCUT2D eigenvalue weighted by Crippen LogP contribution is 2.24. The summed E-state index contributed by atoms with van der Waals surface area (Å²) in [7, 11) is 0. The number of nitrogens with zero attached hydrogens (tertiary/aromatic N) is 3. The molecular formula is C22H29FN4O. The Morgan fingerprint density at radius 1 is 1.11 bits per heavy atom. The van der Waals surface area contributed by atoms with Crippen LogP contribution in [0.15, 0.2) is 36.7 Å². The molecule has 3 heterocycles. The van der Waals surface area contributed by atoms with Gasteiger partial charge in [-0.1, -0.05) is 18.2 Å². The highest BCUT2D eigenvalue weighted by molar-refractivity contribution is 5.25. The molecule has 1 aromatic carbocycles. The van der Waals surface area contributed by atoms with Gasteiger partial charge in [0.15, 0.2) is 0 Å². The number of likely N-dealkylation sites (tertiary alicyclic amines) is 1. The second-order valence-electron chi connectivity index (χ2n) is 7.95. The average Bonchev–Trinajstić information content (AvgIpc) is 3.24. The Hall–Kier alpha value is -2.05. The second-order valence-corrected chi connectivity index (χ2v) is 7.95. The number of ether oxygens (including phenoxy) is 1. The van der Waals surface area contributed by atoms with Crippen LogP contribution in [0.3, 0.4) is 0 Å². The molecule has 6 heteroatoms. The predicted molar refractivity (Wildman–Crippen MR) is 108 cm³/mol. The van der Waals surface area contributed by atoms with Crippen LogP contribution in [-0.2, 0) is 17.7 Å². The molecule has 0 unspecified atom stereocenters. The highest BCUT2D eigenvalue weighted by Gasteiger charge is 2.21. The van der Waals surface area contributed by atoms with Gasteiger partial charge in [-0.15, -0.1) is 0 Å². The first-order valence-corrected chi connectivity index (χ1v) is 10.4. The van der Waals surface area contributed by atoms with Gasteiger partial charge in [-0.05, 0) is 62.7 Å². The Morgan fingerprint density at radius 2 is 1.89 bits per heavy atom. The molecule has 0 amide bonds. The highest BCUT2D eigenvalue weighted by atomic mass is 19.1. The van der Waals surface area contributed by atoms with Crippen molar-refractivity contribution in [3.8, 4) is 0 Å². The summed E-state index contributed by atoms with van der Waals surface area (Å²) in [5.74, 6) is 1.16. The average molecular weight is 384 g/mol. The van der Waals surface area contributed by atoms with Gasteiger partial charge in [0, 0.05) is 37.7 Å². The van der Waals surface area contributed by atoms with E-state index >= 15 is 0 Å². The molecule has 0 bridgehead atoms. The Balaban J connectivity index is 1.20. The fourth-order valence-electron chi connectivity index (χ4n) is 4.12. The molecule has 2 fully saturated rings. The van der Waals surface area contributed by atoms with Crippen molar-refractivity contribution in [2.45, 2.75) is 44.8 Å². The van der Waals surface area contributed by atoms with E-state index in [-0.39, 0.29) is 11.9 Å². The maximum Gasteiger partial charge on any atom is 0.222 e. The van der Waals surface area contributed by atoms with Gasteiger partial charge >= 0.3 is 0 Å². The summed E-state index contributed by atoms with van der Waals surface area (Å²) in [6, 6.07) is 7.15. The van der Waals surface area contributed by atoms with Gasteiger partial charge in [-0.2, -0.15) is 0 Å². The summed E-state index contributed by atoms with van der Waals surface area (Å²) in [5, 5.41) is 3.26. The summed E-state index contributed by atoms with van der Waals surface area (Å²) < 4.78 is 19.5. The number of nitrogens with one attached hydrogen (secondary N) is 1. The monoisotopic (exact) mass is 384 g/mol. The molecule has 1 aromatic heterocycles. The lowest BCUT2D eigenvalue weighted by molar-refractivity contribution is 0.120. The van der Waals surface area contributed by atoms with Gasteiger partial charge in [0.1, 0.15) is 5.82 Å². The quantitative estimate of drug-likeness (QED) is 0.790. The smallest absolute Gasteiger partial charge is 0.222 e. The van der Waals surface area contributed by atoms with Crippen LogP contribution in [0.4, 0.5) is 10.3 Å². The molecule has 0 spiro atoms. The third kappa shape index (κ3) is 5.26.